The summed E-state index contributed by atoms with van der Waals surface area (Å²) in [5, 5.41) is 0. The zero-order valence-corrected chi connectivity index (χ0v) is 11.4. The van der Waals surface area contributed by atoms with Crippen LogP contribution in [-0.4, -0.2) is 31.3 Å². The third-order valence-corrected chi connectivity index (χ3v) is 2.39. The van der Waals surface area contributed by atoms with Gasteiger partial charge >= 0.3 is 11.9 Å². The Balaban J connectivity index is 2.46. The quantitative estimate of drug-likeness (QED) is 0.241. The van der Waals surface area contributed by atoms with Crippen LogP contribution < -0.4 is 0 Å². The van der Waals surface area contributed by atoms with Crippen molar-refractivity contribution in [2.24, 2.45) is 0 Å². The van der Waals surface area contributed by atoms with Gasteiger partial charge in [-0.05, 0) is 26.3 Å². The molecule has 0 aliphatic carbocycles. The predicted octanol–water partition coefficient (Wildman–Crippen LogP) is 1.89. The molecule has 1 saturated heterocycles. The van der Waals surface area contributed by atoms with Gasteiger partial charge in [0.25, 0.3) is 0 Å². The van der Waals surface area contributed by atoms with Crippen LogP contribution in [0.15, 0.2) is 29.2 Å². The van der Waals surface area contributed by atoms with Gasteiger partial charge in [0, 0.05) is 0 Å². The normalized spacial score (nSPS) is 17.2. The molecule has 19 heavy (non-hydrogen) atoms. The summed E-state index contributed by atoms with van der Waals surface area (Å²) >= 11 is 0. The van der Waals surface area contributed by atoms with E-state index in [1.54, 1.807) is 13.0 Å². The molecule has 0 radical (unpaired) electrons. The summed E-state index contributed by atoms with van der Waals surface area (Å²) in [7, 11) is 0. The zero-order valence-electron chi connectivity index (χ0n) is 11.4. The molecule has 0 saturated carbocycles. The van der Waals surface area contributed by atoms with Gasteiger partial charge in [-0.15, -0.1) is 5.73 Å². The Labute approximate surface area is 112 Å². The SMILES string of the molecule is CC=C=C(CC)C(=O)OC=C(C)C(=O)OCC1CO1. The van der Waals surface area contributed by atoms with Crippen LogP contribution in [0, 0.1) is 0 Å². The Morgan fingerprint density at radius 2 is 2.11 bits per heavy atom. The largest absolute Gasteiger partial charge is 0.459 e. The van der Waals surface area contributed by atoms with Crippen LogP contribution in [0.2, 0.25) is 0 Å². The van der Waals surface area contributed by atoms with Crippen LogP contribution in [0.1, 0.15) is 27.2 Å². The van der Waals surface area contributed by atoms with E-state index < -0.39 is 11.9 Å². The molecule has 0 spiro atoms. The molecule has 0 bridgehead atoms. The lowest BCUT2D eigenvalue weighted by molar-refractivity contribution is -0.139. The minimum Gasteiger partial charge on any atom is -0.459 e. The highest BCUT2D eigenvalue weighted by atomic mass is 16.6. The lowest BCUT2D eigenvalue weighted by Gasteiger charge is -2.03. The number of epoxide rings is 1. The van der Waals surface area contributed by atoms with Crippen molar-refractivity contribution in [2.45, 2.75) is 33.3 Å². The summed E-state index contributed by atoms with van der Waals surface area (Å²) in [5.41, 5.74) is 3.44. The van der Waals surface area contributed by atoms with Crippen molar-refractivity contribution in [1.29, 1.82) is 0 Å². The van der Waals surface area contributed by atoms with Crippen LogP contribution in [0.25, 0.3) is 0 Å². The van der Waals surface area contributed by atoms with E-state index in [0.717, 1.165) is 6.26 Å². The second kappa shape index (κ2) is 7.56. The van der Waals surface area contributed by atoms with Gasteiger partial charge in [0.2, 0.25) is 0 Å². The van der Waals surface area contributed by atoms with Crippen molar-refractivity contribution in [2.75, 3.05) is 13.2 Å². The van der Waals surface area contributed by atoms with E-state index in [0.29, 0.717) is 18.6 Å². The average Bonchev–Trinajstić information content (AvgIpc) is 3.23. The summed E-state index contributed by atoms with van der Waals surface area (Å²) in [5.74, 6) is -1.03. The summed E-state index contributed by atoms with van der Waals surface area (Å²) < 4.78 is 14.8. The fourth-order valence-corrected chi connectivity index (χ4v) is 1.19. The predicted molar refractivity (Wildman–Crippen MR) is 68.1 cm³/mol. The standard InChI is InChI=1S/C14H18O5/c1-4-6-11(5-2)14(16)18-7-10(3)13(15)19-9-12-8-17-12/h4,7,12H,5,8-9H2,1-3H3. The highest BCUT2D eigenvalue weighted by Crippen LogP contribution is 2.10. The van der Waals surface area contributed by atoms with Gasteiger partial charge in [-0.1, -0.05) is 6.92 Å². The smallest absolute Gasteiger partial charge is 0.346 e. The van der Waals surface area contributed by atoms with Gasteiger partial charge in [0.1, 0.15) is 19.0 Å². The maximum atomic E-state index is 11.6. The molecule has 0 aromatic carbocycles. The highest BCUT2D eigenvalue weighted by molar-refractivity contribution is 5.90. The van der Waals surface area contributed by atoms with Crippen molar-refractivity contribution >= 4 is 11.9 Å². The van der Waals surface area contributed by atoms with Gasteiger partial charge < -0.3 is 14.2 Å². The number of ether oxygens (including phenoxy) is 3. The number of carbonyl (C=O) groups excluding carboxylic acids is 2. The van der Waals surface area contributed by atoms with E-state index in [4.69, 9.17) is 14.2 Å². The fourth-order valence-electron chi connectivity index (χ4n) is 1.19. The average molecular weight is 266 g/mol. The topological polar surface area (TPSA) is 65.1 Å². The molecule has 5 nitrogen and oxygen atoms in total. The molecule has 0 N–H and O–H groups in total. The Bertz CT molecular complexity index is 437. The number of carbonyl (C=O) groups is 2. The molecule has 104 valence electrons. The fraction of sp³-hybridized carbons (Fsp3) is 0.500. The number of hydrogen-bond acceptors (Lipinski definition) is 5. The summed E-state index contributed by atoms with van der Waals surface area (Å²) in [4.78, 5) is 23.1. The molecule has 1 unspecified atom stereocenters. The van der Waals surface area contributed by atoms with Gasteiger partial charge in [0.15, 0.2) is 0 Å². The number of esters is 2. The Morgan fingerprint density at radius 1 is 1.42 bits per heavy atom. The Morgan fingerprint density at radius 3 is 2.63 bits per heavy atom. The van der Waals surface area contributed by atoms with Crippen LogP contribution in [0.5, 0.6) is 0 Å². The third kappa shape index (κ3) is 5.55. The van der Waals surface area contributed by atoms with Gasteiger partial charge in [-0.25, -0.2) is 9.59 Å². The van der Waals surface area contributed by atoms with E-state index in [1.165, 1.54) is 6.92 Å². The molecular weight excluding hydrogens is 248 g/mol. The van der Waals surface area contributed by atoms with E-state index in [9.17, 15) is 9.59 Å². The summed E-state index contributed by atoms with van der Waals surface area (Å²) in [6, 6.07) is 0. The first-order chi connectivity index (χ1) is 9.08. The highest BCUT2D eigenvalue weighted by Gasteiger charge is 2.24. The molecule has 1 aliphatic heterocycles. The van der Waals surface area contributed by atoms with Gasteiger partial charge in [0.05, 0.1) is 17.8 Å². The number of hydrogen-bond donors (Lipinski definition) is 0. The van der Waals surface area contributed by atoms with Crippen LogP contribution in [-0.2, 0) is 23.8 Å². The van der Waals surface area contributed by atoms with E-state index >= 15 is 0 Å². The number of rotatable bonds is 6. The molecule has 1 fully saturated rings. The first-order valence-electron chi connectivity index (χ1n) is 6.15. The van der Waals surface area contributed by atoms with Gasteiger partial charge in [-0.2, -0.15) is 0 Å². The monoisotopic (exact) mass is 266 g/mol. The minimum atomic E-state index is -0.517. The molecule has 1 rings (SSSR count). The molecule has 0 aromatic rings. The second-order valence-electron chi connectivity index (χ2n) is 4.03. The Hall–Kier alpha value is -1.84. The van der Waals surface area contributed by atoms with Gasteiger partial charge in [-0.3, -0.25) is 0 Å². The minimum absolute atomic E-state index is 0.0172. The molecule has 5 heteroatoms. The zero-order chi connectivity index (χ0) is 14.3. The lowest BCUT2D eigenvalue weighted by atomic mass is 10.2. The summed E-state index contributed by atoms with van der Waals surface area (Å²) in [6.45, 7) is 5.97. The van der Waals surface area contributed by atoms with Crippen LogP contribution in [0.4, 0.5) is 0 Å². The van der Waals surface area contributed by atoms with E-state index in [1.807, 2.05) is 6.92 Å². The maximum Gasteiger partial charge on any atom is 0.346 e. The van der Waals surface area contributed by atoms with Crippen molar-refractivity contribution in [3.05, 3.63) is 29.2 Å². The lowest BCUT2D eigenvalue weighted by Crippen LogP contribution is -2.11. The van der Waals surface area contributed by atoms with Crippen molar-refractivity contribution in [3.63, 3.8) is 0 Å². The van der Waals surface area contributed by atoms with Crippen LogP contribution in [0.3, 0.4) is 0 Å². The van der Waals surface area contributed by atoms with Crippen molar-refractivity contribution < 1.29 is 23.8 Å². The Kier molecular flexibility index (Phi) is 6.06. The first kappa shape index (κ1) is 15.2. The molecule has 0 aromatic heterocycles. The summed E-state index contributed by atoms with van der Waals surface area (Å²) in [6.07, 6.45) is 3.27. The molecular formula is C14H18O5. The molecule has 1 heterocycles. The molecule has 1 atom stereocenters. The van der Waals surface area contributed by atoms with Crippen molar-refractivity contribution in [3.8, 4) is 0 Å². The van der Waals surface area contributed by atoms with E-state index in [-0.39, 0.29) is 18.3 Å². The van der Waals surface area contributed by atoms with E-state index in [2.05, 4.69) is 5.73 Å². The third-order valence-electron chi connectivity index (χ3n) is 2.39. The maximum absolute atomic E-state index is 11.6. The molecule has 0 amide bonds. The molecule has 1 aliphatic rings. The van der Waals surface area contributed by atoms with Crippen LogP contribution >= 0.6 is 0 Å². The second-order valence-corrected chi connectivity index (χ2v) is 4.03. The van der Waals surface area contributed by atoms with Crippen molar-refractivity contribution in [1.82, 2.24) is 0 Å². The first-order valence-corrected chi connectivity index (χ1v) is 6.15.